The van der Waals surface area contributed by atoms with Gasteiger partial charge in [0.05, 0.1) is 17.1 Å². The van der Waals surface area contributed by atoms with Crippen LogP contribution in [0, 0.1) is 5.92 Å². The van der Waals surface area contributed by atoms with Gasteiger partial charge in [-0.3, -0.25) is 9.59 Å². The van der Waals surface area contributed by atoms with E-state index in [2.05, 4.69) is 31.1 Å². The Hall–Kier alpha value is -4.62. The maximum absolute atomic E-state index is 14.4. The molecule has 2 aromatic heterocycles. The number of nitrogens with one attached hydrogen (secondary N) is 4. The number of ether oxygens (including phenoxy) is 2. The molecule has 48 heavy (non-hydrogen) atoms. The predicted molar refractivity (Wildman–Crippen MR) is 176 cm³/mol. The Morgan fingerprint density at radius 3 is 2.58 bits per heavy atom. The molecule has 3 atom stereocenters. The summed E-state index contributed by atoms with van der Waals surface area (Å²) in [6, 6.07) is 11.7. The molecule has 13 nitrogen and oxygen atoms in total. The smallest absolute Gasteiger partial charge is 0.407 e. The highest BCUT2D eigenvalue weighted by Gasteiger charge is 2.45. The molecule has 3 amide bonds. The number of aromatic amines is 1. The molecule has 254 valence electrons. The van der Waals surface area contributed by atoms with E-state index in [9.17, 15) is 19.2 Å². The van der Waals surface area contributed by atoms with Gasteiger partial charge in [0.25, 0.3) is 0 Å². The number of benzene rings is 2. The Balaban J connectivity index is 1.40. The van der Waals surface area contributed by atoms with Crippen LogP contribution in [0.5, 0.6) is 0 Å². The molecule has 1 aliphatic carbocycles. The van der Waals surface area contributed by atoms with Gasteiger partial charge in [-0.05, 0) is 48.9 Å². The number of aryl methyl sites for hydroxylation is 1. The predicted octanol–water partition coefficient (Wildman–Crippen LogP) is 5.21. The summed E-state index contributed by atoms with van der Waals surface area (Å²) in [4.78, 5) is 55.8. The number of amides is 3. The summed E-state index contributed by atoms with van der Waals surface area (Å²) in [5.41, 5.74) is 1.62. The molecule has 0 saturated carbocycles. The number of rotatable bonds is 12. The van der Waals surface area contributed by atoms with E-state index >= 15 is 0 Å². The van der Waals surface area contributed by atoms with E-state index in [1.807, 2.05) is 44.2 Å². The molecule has 1 unspecified atom stereocenters. The molecule has 0 aliphatic heterocycles. The summed E-state index contributed by atoms with van der Waals surface area (Å²) in [7, 11) is 0. The lowest BCUT2D eigenvalue weighted by Gasteiger charge is -2.38. The molecular weight excluding hydrogens is 663 g/mol. The molecular formula is C33H36Cl2N6O7. The van der Waals surface area contributed by atoms with E-state index in [1.54, 1.807) is 19.1 Å². The number of carbonyl (C=O) groups excluding carboxylic acids is 4. The molecule has 2 aromatic carbocycles. The molecule has 5 rings (SSSR count). The highest BCUT2D eigenvalue weighted by atomic mass is 35.5. The normalized spacial score (nSPS) is 16.8. The van der Waals surface area contributed by atoms with Gasteiger partial charge in [-0.1, -0.05) is 73.8 Å². The Labute approximate surface area is 286 Å². The fraction of sp³-hybridized carbons (Fsp3) is 0.394. The number of carbonyl (C=O) groups is 4. The molecule has 0 saturated heterocycles. The Kier molecular flexibility index (Phi) is 10.9. The number of alkyl carbamates (subject to hydrolysis) is 1. The molecule has 1 aliphatic rings. The monoisotopic (exact) mass is 698 g/mol. The van der Waals surface area contributed by atoms with Crippen LogP contribution in [0.1, 0.15) is 73.1 Å². The number of fused-ring (bicyclic) bond motifs is 3. The van der Waals surface area contributed by atoms with Crippen molar-refractivity contribution < 1.29 is 33.1 Å². The molecule has 4 aromatic rings. The largest absolute Gasteiger partial charge is 0.459 e. The van der Waals surface area contributed by atoms with E-state index in [4.69, 9.17) is 37.1 Å². The van der Waals surface area contributed by atoms with Crippen LogP contribution in [0.4, 0.5) is 4.79 Å². The van der Waals surface area contributed by atoms with Crippen molar-refractivity contribution in [2.45, 2.75) is 64.6 Å². The maximum Gasteiger partial charge on any atom is 0.407 e. The quantitative estimate of drug-likeness (QED) is 0.145. The summed E-state index contributed by atoms with van der Waals surface area (Å²) in [5.74, 6) is -2.42. The minimum Gasteiger partial charge on any atom is -0.459 e. The lowest BCUT2D eigenvalue weighted by molar-refractivity contribution is -0.134. The van der Waals surface area contributed by atoms with Gasteiger partial charge in [-0.25, -0.2) is 9.59 Å². The topological polar surface area (TPSA) is 178 Å². The molecule has 0 fully saturated rings. The average Bonchev–Trinajstić information content (AvgIpc) is 3.71. The molecule has 0 spiro atoms. The highest BCUT2D eigenvalue weighted by molar-refractivity contribution is 6.38. The first kappa shape index (κ1) is 34.7. The van der Waals surface area contributed by atoms with Gasteiger partial charge >= 0.3 is 18.0 Å². The van der Waals surface area contributed by atoms with Crippen LogP contribution >= 0.6 is 23.2 Å². The van der Waals surface area contributed by atoms with E-state index in [0.29, 0.717) is 28.4 Å². The number of aromatic nitrogens is 3. The van der Waals surface area contributed by atoms with Crippen molar-refractivity contribution in [2.75, 3.05) is 13.2 Å². The van der Waals surface area contributed by atoms with Crippen LogP contribution in [0.25, 0.3) is 10.9 Å². The van der Waals surface area contributed by atoms with Crippen LogP contribution in [0.2, 0.25) is 10.0 Å². The van der Waals surface area contributed by atoms with Crippen molar-refractivity contribution in [1.29, 1.82) is 0 Å². The zero-order valence-corrected chi connectivity index (χ0v) is 28.2. The van der Waals surface area contributed by atoms with Crippen molar-refractivity contribution >= 4 is 58.0 Å². The second-order valence-electron chi connectivity index (χ2n) is 11.6. The number of H-pyrrole nitrogens is 1. The molecule has 0 bridgehead atoms. The minimum atomic E-state index is -1.47. The molecule has 2 heterocycles. The molecule has 15 heteroatoms. The van der Waals surface area contributed by atoms with Crippen LogP contribution in [-0.2, 0) is 38.5 Å². The SMILES string of the molecule is CCOC(=O)c1nnc(C(NC(=O)[C@]2(NC(=O)CNC(=O)OCc3ccccc3)CCc3[nH]c4c(Cl)cc(Cl)cc4c3C2)[C@@H](C)CC)o1. The van der Waals surface area contributed by atoms with E-state index in [-0.39, 0.29) is 43.8 Å². The summed E-state index contributed by atoms with van der Waals surface area (Å²) < 4.78 is 15.8. The second kappa shape index (κ2) is 15.1. The van der Waals surface area contributed by atoms with E-state index < -0.39 is 42.0 Å². The van der Waals surface area contributed by atoms with Gasteiger partial charge in [-0.2, -0.15) is 0 Å². The fourth-order valence-electron chi connectivity index (χ4n) is 5.66. The van der Waals surface area contributed by atoms with Gasteiger partial charge in [0.1, 0.15) is 24.7 Å². The van der Waals surface area contributed by atoms with Crippen LogP contribution in [-0.4, -0.2) is 57.7 Å². The van der Waals surface area contributed by atoms with Crippen molar-refractivity contribution in [3.8, 4) is 0 Å². The summed E-state index contributed by atoms with van der Waals surface area (Å²) in [6.07, 6.45) is 0.504. The van der Waals surface area contributed by atoms with Crippen molar-refractivity contribution in [3.63, 3.8) is 0 Å². The zero-order valence-electron chi connectivity index (χ0n) is 26.7. The minimum absolute atomic E-state index is 0.0206. The van der Waals surface area contributed by atoms with Gasteiger partial charge in [0.2, 0.25) is 17.7 Å². The highest BCUT2D eigenvalue weighted by Crippen LogP contribution is 2.38. The number of hydrogen-bond donors (Lipinski definition) is 4. The third kappa shape index (κ3) is 7.74. The second-order valence-corrected chi connectivity index (χ2v) is 12.5. The zero-order chi connectivity index (χ0) is 34.4. The van der Waals surface area contributed by atoms with Crippen LogP contribution in [0.15, 0.2) is 46.9 Å². The third-order valence-corrected chi connectivity index (χ3v) is 8.89. The Morgan fingerprint density at radius 1 is 1.08 bits per heavy atom. The lowest BCUT2D eigenvalue weighted by Crippen LogP contribution is -2.63. The first-order valence-electron chi connectivity index (χ1n) is 15.6. The first-order chi connectivity index (χ1) is 23.0. The van der Waals surface area contributed by atoms with Gasteiger partial charge in [-0.15, -0.1) is 10.2 Å². The Bertz CT molecular complexity index is 1810. The Morgan fingerprint density at radius 2 is 1.85 bits per heavy atom. The number of hydrogen-bond acceptors (Lipinski definition) is 9. The first-order valence-corrected chi connectivity index (χ1v) is 16.3. The lowest BCUT2D eigenvalue weighted by atomic mass is 9.78. The fourth-order valence-corrected chi connectivity index (χ4v) is 6.21. The maximum atomic E-state index is 14.4. The van der Waals surface area contributed by atoms with Crippen molar-refractivity contribution in [1.82, 2.24) is 31.1 Å². The summed E-state index contributed by atoms with van der Waals surface area (Å²) >= 11 is 12.8. The summed E-state index contributed by atoms with van der Waals surface area (Å²) in [6.45, 7) is 5.18. The van der Waals surface area contributed by atoms with Crippen LogP contribution in [0.3, 0.4) is 0 Å². The number of esters is 1. The third-order valence-electron chi connectivity index (χ3n) is 8.38. The van der Waals surface area contributed by atoms with Gasteiger partial charge in [0.15, 0.2) is 0 Å². The average molecular weight is 700 g/mol. The van der Waals surface area contributed by atoms with E-state index in [0.717, 1.165) is 22.2 Å². The van der Waals surface area contributed by atoms with Crippen molar-refractivity contribution in [3.05, 3.63) is 81.1 Å². The molecule has 4 N–H and O–H groups in total. The van der Waals surface area contributed by atoms with Crippen LogP contribution < -0.4 is 16.0 Å². The standard InChI is InChI=1S/C33H36Cl2N6O7/c1-4-18(3)26(28-40-41-29(48-28)30(43)46-5-2)38-31(44)33(39-25(42)16-36-32(45)47-17-19-9-7-6-8-10-19)12-11-24-22(15-33)21-13-20(34)14-23(35)27(21)37-24/h6-10,13-14,18,26,37H,4-5,11-12,15-17H2,1-3H3,(H,36,45)(H,38,44)(H,39,42)/t18-,26?,33-/m0/s1. The molecule has 0 radical (unpaired) electrons. The summed E-state index contributed by atoms with van der Waals surface area (Å²) in [5, 5.41) is 17.8. The van der Waals surface area contributed by atoms with Gasteiger partial charge in [0, 0.05) is 22.5 Å². The van der Waals surface area contributed by atoms with Gasteiger partial charge < -0.3 is 34.8 Å². The number of nitrogens with zero attached hydrogens (tertiary/aromatic N) is 2. The number of halogens is 2. The van der Waals surface area contributed by atoms with E-state index in [1.165, 1.54) is 0 Å². The van der Waals surface area contributed by atoms with Crippen molar-refractivity contribution in [2.24, 2.45) is 5.92 Å².